The normalized spacial score (nSPS) is 15.3. The van der Waals surface area contributed by atoms with Gasteiger partial charge in [-0.25, -0.2) is 0 Å². The molecule has 126 valence electrons. The molecular formula is C19H23N3O2. The third kappa shape index (κ3) is 3.79. The predicted molar refractivity (Wildman–Crippen MR) is 96.1 cm³/mol. The van der Waals surface area contributed by atoms with Crippen LogP contribution in [0.3, 0.4) is 0 Å². The number of hydrogen-bond acceptors (Lipinski definition) is 4. The van der Waals surface area contributed by atoms with Gasteiger partial charge in [0.25, 0.3) is 0 Å². The molecule has 0 radical (unpaired) electrons. The molecule has 2 aromatic carbocycles. The van der Waals surface area contributed by atoms with Crippen LogP contribution in [0.1, 0.15) is 19.4 Å². The van der Waals surface area contributed by atoms with Gasteiger partial charge in [-0.3, -0.25) is 4.79 Å². The van der Waals surface area contributed by atoms with E-state index in [-0.39, 0.29) is 18.1 Å². The first kappa shape index (κ1) is 16.2. The van der Waals surface area contributed by atoms with Gasteiger partial charge >= 0.3 is 0 Å². The average molecular weight is 325 g/mol. The Morgan fingerprint density at radius 2 is 2.00 bits per heavy atom. The second-order valence-electron chi connectivity index (χ2n) is 6.71. The van der Waals surface area contributed by atoms with Gasteiger partial charge in [-0.05, 0) is 37.6 Å². The van der Waals surface area contributed by atoms with E-state index in [9.17, 15) is 4.79 Å². The topological polar surface area (TPSA) is 67.6 Å². The van der Waals surface area contributed by atoms with E-state index in [2.05, 4.69) is 5.32 Å². The Morgan fingerprint density at radius 1 is 1.25 bits per heavy atom. The highest BCUT2D eigenvalue weighted by atomic mass is 16.5. The maximum absolute atomic E-state index is 12.4. The average Bonchev–Trinajstić information content (AvgIpc) is 2.54. The van der Waals surface area contributed by atoms with Gasteiger partial charge in [0.15, 0.2) is 0 Å². The van der Waals surface area contributed by atoms with E-state index in [4.69, 9.17) is 10.5 Å². The minimum Gasteiger partial charge on any atom is -0.484 e. The number of carbonyl (C=O) groups excluding carboxylic acids is 1. The molecule has 24 heavy (non-hydrogen) atoms. The number of benzene rings is 2. The Balaban J connectivity index is 1.70. The molecule has 0 fully saturated rings. The standard InChI is InChI=1S/C19H23N3O2/c1-19(2)13-22(16-10-15(20)8-9-17(16)24-19)12-18(23)21-11-14-6-4-3-5-7-14/h3-10H,11-13,20H2,1-2H3,(H,21,23). The predicted octanol–water partition coefficient (Wildman–Crippen LogP) is 2.56. The molecule has 1 aliphatic rings. The van der Waals surface area contributed by atoms with Gasteiger partial charge in [0, 0.05) is 12.2 Å². The fraction of sp³-hybridized carbons (Fsp3) is 0.316. The molecule has 0 saturated heterocycles. The first-order chi connectivity index (χ1) is 11.4. The van der Waals surface area contributed by atoms with E-state index in [1.807, 2.05) is 67.3 Å². The van der Waals surface area contributed by atoms with Gasteiger partial charge < -0.3 is 20.7 Å². The summed E-state index contributed by atoms with van der Waals surface area (Å²) >= 11 is 0. The van der Waals surface area contributed by atoms with Gasteiger partial charge in [-0.1, -0.05) is 30.3 Å². The minimum atomic E-state index is -0.358. The van der Waals surface area contributed by atoms with Crippen LogP contribution in [-0.2, 0) is 11.3 Å². The number of carbonyl (C=O) groups is 1. The van der Waals surface area contributed by atoms with Crippen molar-refractivity contribution in [2.45, 2.75) is 26.0 Å². The molecule has 0 aromatic heterocycles. The lowest BCUT2D eigenvalue weighted by atomic mass is 10.0. The first-order valence-electron chi connectivity index (χ1n) is 8.07. The van der Waals surface area contributed by atoms with Crippen molar-refractivity contribution in [1.29, 1.82) is 0 Å². The third-order valence-electron chi connectivity index (χ3n) is 3.95. The largest absolute Gasteiger partial charge is 0.484 e. The lowest BCUT2D eigenvalue weighted by Gasteiger charge is -2.40. The zero-order chi connectivity index (χ0) is 17.2. The van der Waals surface area contributed by atoms with Crippen molar-refractivity contribution in [3.8, 4) is 5.75 Å². The number of anilines is 2. The molecule has 0 atom stereocenters. The maximum atomic E-state index is 12.4. The summed E-state index contributed by atoms with van der Waals surface area (Å²) in [6, 6.07) is 15.4. The van der Waals surface area contributed by atoms with E-state index in [1.54, 1.807) is 0 Å². The van der Waals surface area contributed by atoms with Gasteiger partial charge in [0.1, 0.15) is 11.4 Å². The monoisotopic (exact) mass is 325 g/mol. The maximum Gasteiger partial charge on any atom is 0.239 e. The van der Waals surface area contributed by atoms with E-state index < -0.39 is 0 Å². The molecule has 1 heterocycles. The zero-order valence-electron chi connectivity index (χ0n) is 14.1. The lowest BCUT2D eigenvalue weighted by Crippen LogP contribution is -2.50. The molecule has 1 aliphatic heterocycles. The van der Waals surface area contributed by atoms with Crippen molar-refractivity contribution in [3.63, 3.8) is 0 Å². The molecule has 3 N–H and O–H groups in total. The molecule has 0 saturated carbocycles. The highest BCUT2D eigenvalue weighted by Crippen LogP contribution is 2.37. The number of nitrogens with two attached hydrogens (primary N) is 1. The van der Waals surface area contributed by atoms with Crippen molar-refractivity contribution < 1.29 is 9.53 Å². The SMILES string of the molecule is CC1(C)CN(CC(=O)NCc2ccccc2)c2cc(N)ccc2O1. The molecule has 2 aromatic rings. The van der Waals surface area contributed by atoms with Gasteiger partial charge in [-0.15, -0.1) is 0 Å². The van der Waals surface area contributed by atoms with Crippen LogP contribution in [0.25, 0.3) is 0 Å². The van der Waals surface area contributed by atoms with Crippen LogP contribution < -0.4 is 20.7 Å². The number of nitrogens with one attached hydrogen (secondary N) is 1. The summed E-state index contributed by atoms with van der Waals surface area (Å²) in [6.07, 6.45) is 0. The smallest absolute Gasteiger partial charge is 0.239 e. The molecule has 1 amide bonds. The Morgan fingerprint density at radius 3 is 2.75 bits per heavy atom. The second kappa shape index (κ2) is 6.43. The number of nitrogens with zero attached hydrogens (tertiary/aromatic N) is 1. The molecule has 3 rings (SSSR count). The molecule has 0 spiro atoms. The molecule has 0 bridgehead atoms. The van der Waals surface area contributed by atoms with E-state index in [0.717, 1.165) is 17.0 Å². The Kier molecular flexibility index (Phi) is 4.34. The molecule has 5 heteroatoms. The lowest BCUT2D eigenvalue weighted by molar-refractivity contribution is -0.120. The number of hydrogen-bond donors (Lipinski definition) is 2. The van der Waals surface area contributed by atoms with Gasteiger partial charge in [-0.2, -0.15) is 0 Å². The summed E-state index contributed by atoms with van der Waals surface area (Å²) in [5, 5.41) is 2.97. The van der Waals surface area contributed by atoms with Crippen LogP contribution in [-0.4, -0.2) is 24.6 Å². The second-order valence-corrected chi connectivity index (χ2v) is 6.71. The number of amides is 1. The molecule has 0 unspecified atom stereocenters. The van der Waals surface area contributed by atoms with Crippen LogP contribution in [0.2, 0.25) is 0 Å². The summed E-state index contributed by atoms with van der Waals surface area (Å²) in [6.45, 7) is 5.46. The summed E-state index contributed by atoms with van der Waals surface area (Å²) in [4.78, 5) is 14.4. The van der Waals surface area contributed by atoms with Crippen LogP contribution in [0.4, 0.5) is 11.4 Å². The summed E-state index contributed by atoms with van der Waals surface area (Å²) < 4.78 is 5.99. The molecule has 0 aliphatic carbocycles. The fourth-order valence-electron chi connectivity index (χ4n) is 2.91. The van der Waals surface area contributed by atoms with Crippen LogP contribution in [0, 0.1) is 0 Å². The van der Waals surface area contributed by atoms with Crippen molar-refractivity contribution in [3.05, 3.63) is 54.1 Å². The molecular weight excluding hydrogens is 302 g/mol. The minimum absolute atomic E-state index is 0.0232. The Labute approximate surface area is 142 Å². The molecule has 5 nitrogen and oxygen atoms in total. The van der Waals surface area contributed by atoms with Gasteiger partial charge in [0.2, 0.25) is 5.91 Å². The third-order valence-corrected chi connectivity index (χ3v) is 3.95. The summed E-state index contributed by atoms with van der Waals surface area (Å²) in [7, 11) is 0. The van der Waals surface area contributed by atoms with E-state index in [1.165, 1.54) is 0 Å². The first-order valence-corrected chi connectivity index (χ1v) is 8.07. The van der Waals surface area contributed by atoms with E-state index >= 15 is 0 Å². The number of ether oxygens (including phenoxy) is 1. The van der Waals surface area contributed by atoms with Crippen molar-refractivity contribution >= 4 is 17.3 Å². The summed E-state index contributed by atoms with van der Waals surface area (Å²) in [5.41, 5.74) is 8.14. The van der Waals surface area contributed by atoms with Crippen LogP contribution in [0.15, 0.2) is 48.5 Å². The quantitative estimate of drug-likeness (QED) is 0.848. The summed E-state index contributed by atoms with van der Waals surface area (Å²) in [5.74, 6) is 0.737. The van der Waals surface area contributed by atoms with Crippen LogP contribution >= 0.6 is 0 Å². The van der Waals surface area contributed by atoms with Gasteiger partial charge in [0.05, 0.1) is 18.8 Å². The van der Waals surface area contributed by atoms with E-state index in [0.29, 0.717) is 18.8 Å². The van der Waals surface area contributed by atoms with Crippen molar-refractivity contribution in [2.75, 3.05) is 23.7 Å². The Hall–Kier alpha value is -2.69. The van der Waals surface area contributed by atoms with Crippen LogP contribution in [0.5, 0.6) is 5.75 Å². The Bertz CT molecular complexity index is 729. The van der Waals surface area contributed by atoms with Crippen molar-refractivity contribution in [2.24, 2.45) is 0 Å². The number of rotatable bonds is 4. The number of fused-ring (bicyclic) bond motifs is 1. The fourth-order valence-corrected chi connectivity index (χ4v) is 2.91. The zero-order valence-corrected chi connectivity index (χ0v) is 14.1. The number of nitrogen functional groups attached to an aromatic ring is 1. The van der Waals surface area contributed by atoms with Crippen molar-refractivity contribution in [1.82, 2.24) is 5.32 Å². The highest BCUT2D eigenvalue weighted by Gasteiger charge is 2.32. The highest BCUT2D eigenvalue weighted by molar-refractivity contribution is 5.83.